The van der Waals surface area contributed by atoms with Crippen molar-refractivity contribution in [1.29, 1.82) is 0 Å². The molecule has 1 aliphatic heterocycles. The van der Waals surface area contributed by atoms with Crippen LogP contribution >= 0.6 is 0 Å². The van der Waals surface area contributed by atoms with Gasteiger partial charge < -0.3 is 9.64 Å². The Morgan fingerprint density at radius 3 is 2.48 bits per heavy atom. The van der Waals surface area contributed by atoms with Gasteiger partial charge in [-0.1, -0.05) is 30.3 Å². The number of hydrogen-bond donors (Lipinski definition) is 0. The average molecular weight is 357 g/mol. The van der Waals surface area contributed by atoms with Crippen molar-refractivity contribution in [2.45, 2.75) is 32.0 Å². The van der Waals surface area contributed by atoms with E-state index in [0.29, 0.717) is 19.4 Å². The Bertz CT molecular complexity index is 631. The second-order valence-corrected chi connectivity index (χ2v) is 5.89. The summed E-state index contributed by atoms with van der Waals surface area (Å²) in [6, 6.07) is 9.01. The summed E-state index contributed by atoms with van der Waals surface area (Å²) in [6.45, 7) is 0.406. The van der Waals surface area contributed by atoms with Crippen LogP contribution in [0.4, 0.5) is 18.0 Å². The fourth-order valence-corrected chi connectivity index (χ4v) is 2.62. The van der Waals surface area contributed by atoms with Gasteiger partial charge in [-0.05, 0) is 18.4 Å². The van der Waals surface area contributed by atoms with Crippen LogP contribution < -0.4 is 0 Å². The van der Waals surface area contributed by atoms with Crippen LogP contribution in [0.1, 0.15) is 24.8 Å². The largest absolute Gasteiger partial charge is 0.450 e. The number of rotatable bonds is 5. The Hall–Kier alpha value is -2.38. The van der Waals surface area contributed by atoms with E-state index >= 15 is 0 Å². The smallest absolute Gasteiger partial charge is 0.445 e. The molecule has 1 heterocycles. The zero-order valence-corrected chi connectivity index (χ0v) is 13.4. The number of hydrogen-bond acceptors (Lipinski definition) is 4. The van der Waals surface area contributed by atoms with E-state index in [0.717, 1.165) is 5.56 Å². The molecule has 1 aliphatic rings. The van der Waals surface area contributed by atoms with E-state index in [1.165, 1.54) is 4.90 Å². The lowest BCUT2D eigenvalue weighted by Gasteiger charge is -2.31. The van der Waals surface area contributed by atoms with Crippen molar-refractivity contribution >= 4 is 17.7 Å². The number of nitrogens with zero attached hydrogens (tertiary/aromatic N) is 1. The standard InChI is InChI=1S/C17H18F3NO4/c18-17(19,20)15(23)9-14(22)13-7-4-8-21(10-13)16(24)25-11-12-5-2-1-3-6-12/h1-3,5-6,13H,4,7-11H2. The van der Waals surface area contributed by atoms with Crippen LogP contribution in [0.3, 0.4) is 0 Å². The van der Waals surface area contributed by atoms with E-state index < -0.39 is 36.2 Å². The van der Waals surface area contributed by atoms with Crippen LogP contribution in [0.25, 0.3) is 0 Å². The molecule has 5 nitrogen and oxygen atoms in total. The van der Waals surface area contributed by atoms with Crippen LogP contribution in [0.5, 0.6) is 0 Å². The number of likely N-dealkylation sites (tertiary alicyclic amines) is 1. The van der Waals surface area contributed by atoms with Crippen LogP contribution in [-0.4, -0.2) is 41.8 Å². The minimum absolute atomic E-state index is 0.0302. The highest BCUT2D eigenvalue weighted by molar-refractivity contribution is 6.02. The molecule has 1 aromatic carbocycles. The lowest BCUT2D eigenvalue weighted by molar-refractivity contribution is -0.172. The van der Waals surface area contributed by atoms with E-state index in [9.17, 15) is 27.6 Å². The molecule has 0 bridgehead atoms. The molecule has 1 unspecified atom stereocenters. The van der Waals surface area contributed by atoms with Gasteiger partial charge in [-0.3, -0.25) is 9.59 Å². The Labute approximate surface area is 142 Å². The number of carbonyl (C=O) groups excluding carboxylic acids is 3. The summed E-state index contributed by atoms with van der Waals surface area (Å²) in [5, 5.41) is 0. The minimum atomic E-state index is -5.02. The molecule has 8 heteroatoms. The molecule has 0 saturated carbocycles. The fourth-order valence-electron chi connectivity index (χ4n) is 2.62. The average Bonchev–Trinajstić information content (AvgIpc) is 2.59. The van der Waals surface area contributed by atoms with E-state index in [1.807, 2.05) is 6.07 Å². The molecular weight excluding hydrogens is 339 g/mol. The number of ether oxygens (including phenoxy) is 1. The first-order chi connectivity index (χ1) is 11.8. The minimum Gasteiger partial charge on any atom is -0.445 e. The lowest BCUT2D eigenvalue weighted by Crippen LogP contribution is -2.43. The Kier molecular flexibility index (Phi) is 6.17. The van der Waals surface area contributed by atoms with Gasteiger partial charge in [0.25, 0.3) is 0 Å². The molecule has 136 valence electrons. The van der Waals surface area contributed by atoms with Crippen molar-refractivity contribution in [3.8, 4) is 0 Å². The van der Waals surface area contributed by atoms with Gasteiger partial charge in [0.2, 0.25) is 5.78 Å². The van der Waals surface area contributed by atoms with Gasteiger partial charge >= 0.3 is 12.3 Å². The fraction of sp³-hybridized carbons (Fsp3) is 0.471. The van der Waals surface area contributed by atoms with Crippen LogP contribution in [0.2, 0.25) is 0 Å². The van der Waals surface area contributed by atoms with Gasteiger partial charge in [-0.15, -0.1) is 0 Å². The van der Waals surface area contributed by atoms with Crippen LogP contribution in [0.15, 0.2) is 30.3 Å². The summed E-state index contributed by atoms with van der Waals surface area (Å²) in [4.78, 5) is 36.2. The molecule has 1 fully saturated rings. The number of alkyl halides is 3. The van der Waals surface area contributed by atoms with Gasteiger partial charge in [0, 0.05) is 19.0 Å². The molecule has 0 radical (unpaired) electrons. The number of Topliss-reactive ketones (excluding diaryl/α,β-unsaturated/α-hetero) is 2. The van der Waals surface area contributed by atoms with Crippen molar-refractivity contribution in [3.63, 3.8) is 0 Å². The third kappa shape index (κ3) is 5.58. The summed E-state index contributed by atoms with van der Waals surface area (Å²) < 4.78 is 41.9. The maximum Gasteiger partial charge on any atom is 0.450 e. The Morgan fingerprint density at radius 1 is 1.16 bits per heavy atom. The molecule has 0 N–H and O–H groups in total. The molecule has 1 aromatic rings. The van der Waals surface area contributed by atoms with E-state index in [-0.39, 0.29) is 13.2 Å². The molecule has 0 spiro atoms. The number of piperidine rings is 1. The summed E-state index contributed by atoms with van der Waals surface area (Å²) >= 11 is 0. The maximum absolute atomic E-state index is 12.3. The zero-order valence-electron chi connectivity index (χ0n) is 13.4. The van der Waals surface area contributed by atoms with Crippen LogP contribution in [0, 0.1) is 5.92 Å². The van der Waals surface area contributed by atoms with Gasteiger partial charge in [-0.25, -0.2) is 4.79 Å². The van der Waals surface area contributed by atoms with E-state index in [2.05, 4.69) is 0 Å². The third-order valence-electron chi connectivity index (χ3n) is 3.99. The van der Waals surface area contributed by atoms with Crippen molar-refractivity contribution in [2.75, 3.05) is 13.1 Å². The lowest BCUT2D eigenvalue weighted by atomic mass is 9.91. The summed E-state index contributed by atoms with van der Waals surface area (Å²) in [7, 11) is 0. The third-order valence-corrected chi connectivity index (χ3v) is 3.99. The second kappa shape index (κ2) is 8.13. The SMILES string of the molecule is O=C(CC(=O)C(F)(F)F)C1CCCN(C(=O)OCc2ccccc2)C1. The number of halogens is 3. The number of carbonyl (C=O) groups is 3. The van der Waals surface area contributed by atoms with E-state index in [1.54, 1.807) is 24.3 Å². The first-order valence-corrected chi connectivity index (χ1v) is 7.85. The molecule has 1 atom stereocenters. The molecule has 0 aliphatic carbocycles. The summed E-state index contributed by atoms with van der Waals surface area (Å²) in [6.07, 6.45) is -5.99. The van der Waals surface area contributed by atoms with Gasteiger partial charge in [0.05, 0.1) is 6.42 Å². The maximum atomic E-state index is 12.3. The summed E-state index contributed by atoms with van der Waals surface area (Å²) in [5.41, 5.74) is 0.802. The molecule has 25 heavy (non-hydrogen) atoms. The Balaban J connectivity index is 1.86. The molecule has 0 aromatic heterocycles. The molecule has 1 amide bonds. The Morgan fingerprint density at radius 2 is 1.84 bits per heavy atom. The first kappa shape index (κ1) is 19.0. The number of ketones is 2. The highest BCUT2D eigenvalue weighted by Crippen LogP contribution is 2.23. The monoisotopic (exact) mass is 357 g/mol. The van der Waals surface area contributed by atoms with Crippen molar-refractivity contribution in [2.24, 2.45) is 5.92 Å². The van der Waals surface area contributed by atoms with E-state index in [4.69, 9.17) is 4.74 Å². The van der Waals surface area contributed by atoms with Crippen LogP contribution in [-0.2, 0) is 20.9 Å². The zero-order chi connectivity index (χ0) is 18.4. The number of benzene rings is 1. The van der Waals surface area contributed by atoms with Crippen molar-refractivity contribution in [1.82, 2.24) is 4.90 Å². The quantitative estimate of drug-likeness (QED) is 0.760. The van der Waals surface area contributed by atoms with Gasteiger partial charge in [0.15, 0.2) is 0 Å². The number of amides is 1. The topological polar surface area (TPSA) is 63.7 Å². The van der Waals surface area contributed by atoms with Crippen molar-refractivity contribution < 1.29 is 32.3 Å². The molecule has 2 rings (SSSR count). The van der Waals surface area contributed by atoms with Crippen molar-refractivity contribution in [3.05, 3.63) is 35.9 Å². The second-order valence-electron chi connectivity index (χ2n) is 5.89. The normalized spacial score (nSPS) is 17.9. The molecular formula is C17H18F3NO4. The van der Waals surface area contributed by atoms with Gasteiger partial charge in [0.1, 0.15) is 12.4 Å². The first-order valence-electron chi connectivity index (χ1n) is 7.85. The molecule has 1 saturated heterocycles. The highest BCUT2D eigenvalue weighted by atomic mass is 19.4. The summed E-state index contributed by atoms with van der Waals surface area (Å²) in [5.74, 6) is -3.62. The predicted octanol–water partition coefficient (Wildman–Crippen LogP) is 3.13. The van der Waals surface area contributed by atoms with Gasteiger partial charge in [-0.2, -0.15) is 13.2 Å². The predicted molar refractivity (Wildman–Crippen MR) is 81.6 cm³/mol. The highest BCUT2D eigenvalue weighted by Gasteiger charge is 2.41.